The van der Waals surface area contributed by atoms with Crippen LogP contribution in [0.25, 0.3) is 0 Å². The Morgan fingerprint density at radius 2 is 1.66 bits per heavy atom. The van der Waals surface area contributed by atoms with Crippen molar-refractivity contribution in [2.45, 2.75) is 71.6 Å². The smallest absolute Gasteiger partial charge is 0.332 e. The van der Waals surface area contributed by atoms with E-state index in [-0.39, 0.29) is 5.41 Å². The number of nitrogens with one attached hydrogen (secondary N) is 2. The van der Waals surface area contributed by atoms with Crippen LogP contribution in [0.2, 0.25) is 0 Å². The molecule has 0 unspecified atom stereocenters. The first kappa shape index (κ1) is 20.2. The molecule has 4 aliphatic carbocycles. The molecule has 0 heterocycles. The normalized spacial score (nSPS) is 43.9. The molecule has 4 rings (SSSR count). The van der Waals surface area contributed by atoms with Gasteiger partial charge in [0.15, 0.2) is 0 Å². The summed E-state index contributed by atoms with van der Waals surface area (Å²) in [5.41, 5.74) is 17.9. The second-order valence-electron chi connectivity index (χ2n) is 10.0. The molecule has 0 aromatic carbocycles. The van der Waals surface area contributed by atoms with Gasteiger partial charge in [-0.2, -0.15) is 10.2 Å². The Morgan fingerprint density at radius 3 is 2.38 bits per heavy atom. The molecule has 29 heavy (non-hydrogen) atoms. The first-order chi connectivity index (χ1) is 13.7. The predicted octanol–water partition coefficient (Wildman–Crippen LogP) is 3.08. The van der Waals surface area contributed by atoms with Crippen LogP contribution in [-0.4, -0.2) is 23.5 Å². The van der Waals surface area contributed by atoms with Crippen molar-refractivity contribution < 1.29 is 9.59 Å². The molecule has 160 valence electrons. The van der Waals surface area contributed by atoms with E-state index in [1.807, 2.05) is 0 Å². The number of carbonyl (C=O) groups is 2. The van der Waals surface area contributed by atoms with Crippen molar-refractivity contribution in [2.75, 3.05) is 0 Å². The minimum atomic E-state index is -0.592. The van der Waals surface area contributed by atoms with Gasteiger partial charge in [-0.25, -0.2) is 20.4 Å². The van der Waals surface area contributed by atoms with Crippen LogP contribution in [0.5, 0.6) is 0 Å². The second-order valence-corrected chi connectivity index (χ2v) is 10.0. The summed E-state index contributed by atoms with van der Waals surface area (Å²) in [6, 6.07) is -1.18. The number of urea groups is 2. The summed E-state index contributed by atoms with van der Waals surface area (Å²) < 4.78 is 0. The molecule has 4 aliphatic rings. The highest BCUT2D eigenvalue weighted by Gasteiger charge is 2.59. The van der Waals surface area contributed by atoms with Gasteiger partial charge in [-0.3, -0.25) is 0 Å². The van der Waals surface area contributed by atoms with Crippen molar-refractivity contribution in [3.63, 3.8) is 0 Å². The van der Waals surface area contributed by atoms with Crippen molar-refractivity contribution >= 4 is 23.5 Å². The summed E-state index contributed by atoms with van der Waals surface area (Å²) in [6.07, 6.45) is 9.96. The van der Waals surface area contributed by atoms with Gasteiger partial charge in [0.05, 0.1) is 0 Å². The third kappa shape index (κ3) is 3.40. The lowest BCUT2D eigenvalue weighted by atomic mass is 9.45. The Morgan fingerprint density at radius 1 is 0.931 bits per heavy atom. The molecule has 0 radical (unpaired) electrons. The van der Waals surface area contributed by atoms with Crippen molar-refractivity contribution in [2.24, 2.45) is 56.2 Å². The van der Waals surface area contributed by atoms with Gasteiger partial charge in [0.25, 0.3) is 0 Å². The molecule has 4 fully saturated rings. The number of rotatable bonds is 2. The van der Waals surface area contributed by atoms with Crippen LogP contribution in [-0.2, 0) is 0 Å². The fraction of sp³-hybridized carbons (Fsp3) is 0.810. The van der Waals surface area contributed by atoms with E-state index in [2.05, 4.69) is 34.9 Å². The Hall–Kier alpha value is -2.12. The number of amides is 4. The second kappa shape index (κ2) is 7.29. The van der Waals surface area contributed by atoms with E-state index in [9.17, 15) is 9.59 Å². The molecule has 0 saturated heterocycles. The fourth-order valence-corrected chi connectivity index (χ4v) is 7.39. The molecule has 8 heteroatoms. The van der Waals surface area contributed by atoms with E-state index < -0.39 is 12.1 Å². The minimum Gasteiger partial charge on any atom is -0.350 e. The molecular weight excluding hydrogens is 368 g/mol. The molecule has 4 amide bonds. The van der Waals surface area contributed by atoms with Crippen molar-refractivity contribution in [3.05, 3.63) is 0 Å². The van der Waals surface area contributed by atoms with Crippen LogP contribution >= 0.6 is 0 Å². The van der Waals surface area contributed by atoms with Crippen LogP contribution < -0.4 is 22.3 Å². The van der Waals surface area contributed by atoms with Gasteiger partial charge < -0.3 is 11.5 Å². The third-order valence-corrected chi connectivity index (χ3v) is 8.87. The third-order valence-electron chi connectivity index (χ3n) is 8.87. The maximum Gasteiger partial charge on any atom is 0.332 e. The molecule has 0 aliphatic heterocycles. The Balaban J connectivity index is 1.51. The summed E-state index contributed by atoms with van der Waals surface area (Å²) in [5, 5.41) is 8.64. The standard InChI is InChI=1S/C21H34N6O2/c1-20-9-7-13(24-26-18(22)28)11-12(20)3-4-14-15-5-6-17(25-27-19(23)29)21(15,2)10-8-16(14)20/h12,14-16H,3-11H2,1-2H3,(H3,22,26,28)(H3,23,27,29)/b24-13+,25-17+/t12-,14-,15-,16-,20-,21-/m0/s1. The molecule has 0 aromatic heterocycles. The van der Waals surface area contributed by atoms with Crippen molar-refractivity contribution in [1.29, 1.82) is 0 Å². The number of nitrogens with two attached hydrogens (primary N) is 2. The number of fused-ring (bicyclic) bond motifs is 5. The lowest BCUT2D eigenvalue weighted by Gasteiger charge is -2.59. The fourth-order valence-electron chi connectivity index (χ4n) is 7.39. The van der Waals surface area contributed by atoms with Gasteiger partial charge in [0, 0.05) is 16.8 Å². The minimum absolute atomic E-state index is 0.0828. The lowest BCUT2D eigenvalue weighted by Crippen LogP contribution is -2.53. The molecule has 8 nitrogen and oxygen atoms in total. The van der Waals surface area contributed by atoms with Gasteiger partial charge in [-0.05, 0) is 86.9 Å². The summed E-state index contributed by atoms with van der Waals surface area (Å²) in [4.78, 5) is 22.1. The van der Waals surface area contributed by atoms with Crippen LogP contribution in [0.15, 0.2) is 10.2 Å². The number of nitrogens with zero attached hydrogens (tertiary/aromatic N) is 2. The van der Waals surface area contributed by atoms with Crippen LogP contribution in [0.3, 0.4) is 0 Å². The molecule has 0 spiro atoms. The largest absolute Gasteiger partial charge is 0.350 e. The van der Waals surface area contributed by atoms with Gasteiger partial charge in [-0.1, -0.05) is 13.8 Å². The van der Waals surface area contributed by atoms with Gasteiger partial charge >= 0.3 is 12.1 Å². The van der Waals surface area contributed by atoms with Gasteiger partial charge in [0.2, 0.25) is 0 Å². The highest BCUT2D eigenvalue weighted by atomic mass is 16.2. The van der Waals surface area contributed by atoms with Crippen LogP contribution in [0.1, 0.15) is 71.6 Å². The molecule has 6 N–H and O–H groups in total. The summed E-state index contributed by atoms with van der Waals surface area (Å²) >= 11 is 0. The number of carbonyl (C=O) groups excluding carboxylic acids is 2. The molecule has 6 atom stereocenters. The van der Waals surface area contributed by atoms with E-state index >= 15 is 0 Å². The average molecular weight is 403 g/mol. The molecular formula is C21H34N6O2. The van der Waals surface area contributed by atoms with Crippen molar-refractivity contribution in [1.82, 2.24) is 10.9 Å². The number of hydrogen-bond acceptors (Lipinski definition) is 4. The zero-order valence-corrected chi connectivity index (χ0v) is 17.5. The van der Waals surface area contributed by atoms with E-state index in [1.54, 1.807) is 0 Å². The van der Waals surface area contributed by atoms with E-state index in [0.717, 1.165) is 61.8 Å². The van der Waals surface area contributed by atoms with Crippen LogP contribution in [0.4, 0.5) is 9.59 Å². The molecule has 0 aromatic rings. The van der Waals surface area contributed by atoms with Gasteiger partial charge in [0.1, 0.15) is 0 Å². The topological polar surface area (TPSA) is 135 Å². The maximum absolute atomic E-state index is 11.1. The SMILES string of the molecule is C[C@]12CC/C(=N\NC(N)=O)C[C@@H]1CC[C@@H]1[C@@H]2CC[C@]2(C)/C(=N/NC(N)=O)CC[C@@H]12. The highest BCUT2D eigenvalue weighted by molar-refractivity contribution is 5.93. The highest BCUT2D eigenvalue weighted by Crippen LogP contribution is 2.65. The maximum atomic E-state index is 11.1. The van der Waals surface area contributed by atoms with Crippen LogP contribution in [0, 0.1) is 34.5 Å². The zero-order chi connectivity index (χ0) is 20.8. The molecule has 0 bridgehead atoms. The van der Waals surface area contributed by atoms with E-state index in [0.29, 0.717) is 17.3 Å². The quantitative estimate of drug-likeness (QED) is 0.528. The summed E-state index contributed by atoms with van der Waals surface area (Å²) in [5.74, 6) is 2.72. The van der Waals surface area contributed by atoms with E-state index in [1.165, 1.54) is 19.3 Å². The Bertz CT molecular complexity index is 764. The van der Waals surface area contributed by atoms with E-state index in [4.69, 9.17) is 11.5 Å². The lowest BCUT2D eigenvalue weighted by molar-refractivity contribution is -0.0815. The van der Waals surface area contributed by atoms with Gasteiger partial charge in [-0.15, -0.1) is 0 Å². The summed E-state index contributed by atoms with van der Waals surface area (Å²) in [6.45, 7) is 4.84. The monoisotopic (exact) mass is 402 g/mol. The summed E-state index contributed by atoms with van der Waals surface area (Å²) in [7, 11) is 0. The van der Waals surface area contributed by atoms with Crippen molar-refractivity contribution in [3.8, 4) is 0 Å². The number of primary amides is 2. The zero-order valence-electron chi connectivity index (χ0n) is 17.5. The first-order valence-electron chi connectivity index (χ1n) is 11.0. The number of hydrogen-bond donors (Lipinski definition) is 4. The Kier molecular flexibility index (Phi) is 5.07. The average Bonchev–Trinajstić information content (AvgIpc) is 3.01. The predicted molar refractivity (Wildman–Crippen MR) is 112 cm³/mol. The molecule has 4 saturated carbocycles. The first-order valence-corrected chi connectivity index (χ1v) is 11.0. The Labute approximate surface area is 172 Å². The number of hydrazone groups is 2.